The van der Waals surface area contributed by atoms with Gasteiger partial charge in [0.05, 0.1) is 0 Å². The van der Waals surface area contributed by atoms with Gasteiger partial charge in [0.1, 0.15) is 17.8 Å². The summed E-state index contributed by atoms with van der Waals surface area (Å²) in [4.78, 5) is 22.1. The van der Waals surface area contributed by atoms with Gasteiger partial charge in [-0.05, 0) is 40.5 Å². The van der Waals surface area contributed by atoms with Gasteiger partial charge in [0.15, 0.2) is 0 Å². The summed E-state index contributed by atoms with van der Waals surface area (Å²) in [6.45, 7) is 11.6. The van der Waals surface area contributed by atoms with Gasteiger partial charge in [0.2, 0.25) is 0 Å². The summed E-state index contributed by atoms with van der Waals surface area (Å²) in [5, 5.41) is 0. The van der Waals surface area contributed by atoms with Crippen LogP contribution in [-0.4, -0.2) is 30.7 Å². The van der Waals surface area contributed by atoms with E-state index in [9.17, 15) is 9.59 Å². The molecule has 0 atom stereocenters. The number of ether oxygens (including phenoxy) is 1. The first kappa shape index (κ1) is 17.9. The highest BCUT2D eigenvalue weighted by Crippen LogP contribution is 2.08. The Hall–Kier alpha value is -0.430. The van der Waals surface area contributed by atoms with Crippen molar-refractivity contribution in [2.75, 3.05) is 13.3 Å². The fourth-order valence-corrected chi connectivity index (χ4v) is 0.906. The van der Waals surface area contributed by atoms with E-state index in [4.69, 9.17) is 4.74 Å². The molecule has 4 heteroatoms. The molecule has 3 nitrogen and oxygen atoms in total. The molecular weight excluding hydrogens is 223 g/mol. The van der Waals surface area contributed by atoms with Gasteiger partial charge in [-0.2, -0.15) is 0 Å². The van der Waals surface area contributed by atoms with E-state index in [-0.39, 0.29) is 12.2 Å². The van der Waals surface area contributed by atoms with Crippen molar-refractivity contribution in [2.45, 2.75) is 52.6 Å². The predicted octanol–water partition coefficient (Wildman–Crippen LogP) is 3.01. The van der Waals surface area contributed by atoms with Gasteiger partial charge in [0, 0.05) is 6.42 Å². The Morgan fingerprint density at radius 3 is 1.94 bits per heavy atom. The minimum Gasteiger partial charge on any atom is -0.460 e. The number of carbonyl (C=O) groups is 2. The van der Waals surface area contributed by atoms with Crippen LogP contribution >= 0.6 is 8.58 Å². The van der Waals surface area contributed by atoms with E-state index in [1.807, 2.05) is 6.92 Å². The van der Waals surface area contributed by atoms with Crippen LogP contribution < -0.4 is 0 Å². The van der Waals surface area contributed by atoms with Gasteiger partial charge in [-0.3, -0.25) is 9.59 Å². The number of ketones is 1. The average molecular weight is 248 g/mol. The van der Waals surface area contributed by atoms with Crippen LogP contribution in [-0.2, 0) is 14.3 Å². The highest BCUT2D eigenvalue weighted by Gasteiger charge is 2.18. The molecule has 0 radical (unpaired) electrons. The molecule has 0 aliphatic heterocycles. The smallest absolute Gasteiger partial charge is 0.313 e. The number of carbonyl (C=O) groups excluding carboxylic acids is 2. The van der Waals surface area contributed by atoms with Crippen molar-refractivity contribution in [3.63, 3.8) is 0 Å². The van der Waals surface area contributed by atoms with Crippen molar-refractivity contribution in [3.05, 3.63) is 0 Å². The lowest BCUT2D eigenvalue weighted by molar-refractivity contribution is -0.156. The first-order valence-electron chi connectivity index (χ1n) is 5.58. The Kier molecular flexibility index (Phi) is 11.0. The minimum absolute atomic E-state index is 0.0447. The summed E-state index contributed by atoms with van der Waals surface area (Å²) in [6.07, 6.45) is 1.14. The Labute approximate surface area is 101 Å². The molecule has 0 saturated heterocycles. The fraction of sp³-hybridized carbons (Fsp3) is 0.833. The molecule has 0 bridgehead atoms. The zero-order valence-electron chi connectivity index (χ0n) is 11.3. The molecule has 0 aliphatic carbocycles. The van der Waals surface area contributed by atoms with Crippen LogP contribution in [0.2, 0.25) is 0 Å². The molecule has 0 aliphatic rings. The molecule has 0 aromatic heterocycles. The van der Waals surface area contributed by atoms with Crippen LogP contribution in [0.25, 0.3) is 0 Å². The molecule has 0 aromatic rings. The molecule has 0 amide bonds. The quantitative estimate of drug-likeness (QED) is 0.436. The van der Waals surface area contributed by atoms with Crippen LogP contribution in [0.4, 0.5) is 0 Å². The van der Waals surface area contributed by atoms with Crippen molar-refractivity contribution in [3.8, 4) is 0 Å². The average Bonchev–Trinajstić information content (AvgIpc) is 2.00. The van der Waals surface area contributed by atoms with Gasteiger partial charge in [-0.1, -0.05) is 6.92 Å². The monoisotopic (exact) mass is 248 g/mol. The highest BCUT2D eigenvalue weighted by molar-refractivity contribution is 7.35. The summed E-state index contributed by atoms with van der Waals surface area (Å²) in [5.41, 5.74) is -0.496. The Morgan fingerprint density at radius 1 is 1.19 bits per heavy atom. The van der Waals surface area contributed by atoms with Crippen molar-refractivity contribution >= 4 is 20.3 Å². The fourth-order valence-electron chi connectivity index (χ4n) is 0.906. The molecule has 0 saturated carbocycles. The maximum absolute atomic E-state index is 11.1. The number of rotatable bonds is 4. The van der Waals surface area contributed by atoms with Gasteiger partial charge < -0.3 is 4.74 Å². The van der Waals surface area contributed by atoms with Crippen LogP contribution in [0.1, 0.15) is 47.0 Å². The zero-order valence-corrected chi connectivity index (χ0v) is 12.3. The number of esters is 1. The summed E-state index contributed by atoms with van der Waals surface area (Å²) >= 11 is 0. The standard InChI is InChI=1S/C10H18O3.C2H7P/c1-5-6-8(11)7-9(12)13-10(2,3)4;1-3-2/h5-7H2,1-4H3;3H,1-2H3. The zero-order chi connectivity index (χ0) is 13.2. The summed E-state index contributed by atoms with van der Waals surface area (Å²) in [5.74, 6) is -0.470. The van der Waals surface area contributed by atoms with Gasteiger partial charge in [-0.15, -0.1) is 8.58 Å². The normalized spacial score (nSPS) is 10.1. The second kappa shape index (κ2) is 9.77. The summed E-state index contributed by atoms with van der Waals surface area (Å²) in [6, 6.07) is 0. The maximum atomic E-state index is 11.1. The van der Waals surface area contributed by atoms with E-state index >= 15 is 0 Å². The predicted molar refractivity (Wildman–Crippen MR) is 70.5 cm³/mol. The SMILES string of the molecule is CCCC(=O)CC(=O)OC(C)(C)C.CPC. The second-order valence-corrected chi connectivity index (χ2v) is 5.55. The Bertz CT molecular complexity index is 207. The van der Waals surface area contributed by atoms with Crippen LogP contribution in [0.15, 0.2) is 0 Å². The van der Waals surface area contributed by atoms with Gasteiger partial charge >= 0.3 is 5.97 Å². The van der Waals surface area contributed by atoms with E-state index in [1.165, 1.54) is 0 Å². The van der Waals surface area contributed by atoms with Gasteiger partial charge in [0.25, 0.3) is 0 Å². The Morgan fingerprint density at radius 2 is 1.62 bits per heavy atom. The maximum Gasteiger partial charge on any atom is 0.313 e. The summed E-state index contributed by atoms with van der Waals surface area (Å²) < 4.78 is 4.99. The molecule has 0 fully saturated rings. The molecule has 16 heavy (non-hydrogen) atoms. The van der Waals surface area contributed by atoms with Crippen molar-refractivity contribution in [1.82, 2.24) is 0 Å². The third kappa shape index (κ3) is 16.0. The van der Waals surface area contributed by atoms with E-state index < -0.39 is 11.6 Å². The van der Waals surface area contributed by atoms with E-state index in [0.29, 0.717) is 6.42 Å². The molecule has 0 spiro atoms. The lowest BCUT2D eigenvalue weighted by Gasteiger charge is -2.19. The van der Waals surface area contributed by atoms with Crippen LogP contribution in [0.3, 0.4) is 0 Å². The summed E-state index contributed by atoms with van der Waals surface area (Å²) in [7, 11) is 1.08. The van der Waals surface area contributed by atoms with Crippen LogP contribution in [0, 0.1) is 0 Å². The molecular formula is C12H25O3P. The number of Topliss-reactive ketones (excluding diaryl/α,β-unsaturated/α-hetero) is 1. The third-order valence-corrected chi connectivity index (χ3v) is 1.29. The topological polar surface area (TPSA) is 43.4 Å². The lowest BCUT2D eigenvalue weighted by Crippen LogP contribution is -2.25. The molecule has 0 rings (SSSR count). The van der Waals surface area contributed by atoms with E-state index in [2.05, 4.69) is 13.3 Å². The molecule has 0 heterocycles. The largest absolute Gasteiger partial charge is 0.460 e. The highest BCUT2D eigenvalue weighted by atomic mass is 31.1. The molecule has 0 N–H and O–H groups in total. The van der Waals surface area contributed by atoms with Crippen molar-refractivity contribution in [1.29, 1.82) is 0 Å². The molecule has 96 valence electrons. The first-order valence-corrected chi connectivity index (χ1v) is 7.58. The third-order valence-electron chi connectivity index (χ3n) is 1.29. The minimum atomic E-state index is -0.496. The number of hydrogen-bond acceptors (Lipinski definition) is 3. The van der Waals surface area contributed by atoms with Crippen molar-refractivity contribution in [2.24, 2.45) is 0 Å². The number of hydrogen-bond donors (Lipinski definition) is 0. The van der Waals surface area contributed by atoms with Crippen LogP contribution in [0.5, 0.6) is 0 Å². The molecule has 0 unspecified atom stereocenters. The van der Waals surface area contributed by atoms with E-state index in [0.717, 1.165) is 15.0 Å². The van der Waals surface area contributed by atoms with Gasteiger partial charge in [-0.25, -0.2) is 0 Å². The first-order chi connectivity index (χ1) is 7.26. The van der Waals surface area contributed by atoms with E-state index in [1.54, 1.807) is 20.8 Å². The molecule has 0 aromatic carbocycles. The second-order valence-electron chi connectivity index (χ2n) is 4.55. The Balaban J connectivity index is 0. The van der Waals surface area contributed by atoms with Crippen molar-refractivity contribution < 1.29 is 14.3 Å². The lowest BCUT2D eigenvalue weighted by atomic mass is 10.1.